The number of hydrogen-bond acceptors (Lipinski definition) is 3. The SMILES string of the molecule is NC1c2cc(Br)ccc2OC1C(=O)c1ccccc1. The Bertz CT molecular complexity index is 627. The van der Waals surface area contributed by atoms with E-state index in [0.29, 0.717) is 11.3 Å². The van der Waals surface area contributed by atoms with Gasteiger partial charge in [0.1, 0.15) is 5.75 Å². The third-order valence-corrected chi connectivity index (χ3v) is 3.72. The highest BCUT2D eigenvalue weighted by atomic mass is 79.9. The molecule has 2 N–H and O–H groups in total. The van der Waals surface area contributed by atoms with Crippen molar-refractivity contribution in [1.29, 1.82) is 0 Å². The highest BCUT2D eigenvalue weighted by Crippen LogP contribution is 2.37. The lowest BCUT2D eigenvalue weighted by atomic mass is 9.98. The summed E-state index contributed by atoms with van der Waals surface area (Å²) < 4.78 is 6.62. The Morgan fingerprint density at radius 3 is 2.63 bits per heavy atom. The molecule has 0 aliphatic carbocycles. The van der Waals surface area contributed by atoms with Gasteiger partial charge >= 0.3 is 0 Å². The van der Waals surface area contributed by atoms with E-state index in [1.807, 2.05) is 36.4 Å². The van der Waals surface area contributed by atoms with Crippen LogP contribution in [-0.4, -0.2) is 11.9 Å². The summed E-state index contributed by atoms with van der Waals surface area (Å²) in [5, 5.41) is 0. The number of ether oxygens (including phenoxy) is 1. The predicted molar refractivity (Wildman–Crippen MR) is 76.3 cm³/mol. The summed E-state index contributed by atoms with van der Waals surface area (Å²) in [6, 6.07) is 14.3. The Labute approximate surface area is 119 Å². The van der Waals surface area contributed by atoms with Crippen LogP contribution >= 0.6 is 15.9 Å². The van der Waals surface area contributed by atoms with Gasteiger partial charge in [-0.3, -0.25) is 4.79 Å². The lowest BCUT2D eigenvalue weighted by molar-refractivity contribution is 0.0794. The Morgan fingerprint density at radius 1 is 1.16 bits per heavy atom. The Hall–Kier alpha value is -1.65. The molecular weight excluding hydrogens is 306 g/mol. The summed E-state index contributed by atoms with van der Waals surface area (Å²) in [7, 11) is 0. The van der Waals surface area contributed by atoms with Crippen LogP contribution in [0.1, 0.15) is 22.0 Å². The molecule has 2 aromatic carbocycles. The molecule has 3 rings (SSSR count). The molecule has 2 aromatic rings. The second-order valence-corrected chi connectivity index (χ2v) is 5.39. The van der Waals surface area contributed by atoms with Gasteiger partial charge in [0.25, 0.3) is 0 Å². The van der Waals surface area contributed by atoms with Crippen molar-refractivity contribution >= 4 is 21.7 Å². The summed E-state index contributed by atoms with van der Waals surface area (Å²) in [6.07, 6.45) is -0.647. The van der Waals surface area contributed by atoms with Crippen LogP contribution in [-0.2, 0) is 0 Å². The second-order valence-electron chi connectivity index (χ2n) is 4.48. The number of benzene rings is 2. The first-order valence-corrected chi connectivity index (χ1v) is 6.77. The minimum atomic E-state index is -0.647. The first-order chi connectivity index (χ1) is 9.16. The summed E-state index contributed by atoms with van der Waals surface area (Å²) >= 11 is 3.40. The smallest absolute Gasteiger partial charge is 0.205 e. The van der Waals surface area contributed by atoms with E-state index in [-0.39, 0.29) is 5.78 Å². The number of nitrogens with two attached hydrogens (primary N) is 1. The fraction of sp³-hybridized carbons (Fsp3) is 0.133. The van der Waals surface area contributed by atoms with Crippen LogP contribution in [0.4, 0.5) is 0 Å². The number of rotatable bonds is 2. The first kappa shape index (κ1) is 12.4. The van der Waals surface area contributed by atoms with E-state index in [4.69, 9.17) is 10.5 Å². The average Bonchev–Trinajstić information content (AvgIpc) is 2.76. The third kappa shape index (κ3) is 2.17. The minimum absolute atomic E-state index is 0.0829. The number of carbonyl (C=O) groups excluding carboxylic acids is 1. The van der Waals surface area contributed by atoms with Crippen LogP contribution in [0.2, 0.25) is 0 Å². The van der Waals surface area contributed by atoms with E-state index in [0.717, 1.165) is 10.0 Å². The van der Waals surface area contributed by atoms with E-state index in [2.05, 4.69) is 15.9 Å². The van der Waals surface area contributed by atoms with Gasteiger partial charge in [-0.2, -0.15) is 0 Å². The molecule has 96 valence electrons. The summed E-state index contributed by atoms with van der Waals surface area (Å²) in [5.41, 5.74) is 7.62. The van der Waals surface area contributed by atoms with E-state index in [9.17, 15) is 4.79 Å². The summed E-state index contributed by atoms with van der Waals surface area (Å²) in [5.74, 6) is 0.602. The van der Waals surface area contributed by atoms with Crippen LogP contribution < -0.4 is 10.5 Å². The van der Waals surface area contributed by atoms with Gasteiger partial charge in [0.15, 0.2) is 6.10 Å². The number of carbonyl (C=O) groups is 1. The van der Waals surface area contributed by atoms with Gasteiger partial charge in [0, 0.05) is 15.6 Å². The van der Waals surface area contributed by atoms with Gasteiger partial charge in [-0.05, 0) is 18.2 Å². The molecule has 0 aromatic heterocycles. The van der Waals surface area contributed by atoms with Crippen LogP contribution in [0.5, 0.6) is 5.75 Å². The van der Waals surface area contributed by atoms with Crippen molar-refractivity contribution in [2.24, 2.45) is 5.73 Å². The highest BCUT2D eigenvalue weighted by molar-refractivity contribution is 9.10. The topological polar surface area (TPSA) is 52.3 Å². The number of halogens is 1. The Kier molecular flexibility index (Phi) is 3.12. The predicted octanol–water partition coefficient (Wildman–Crippen LogP) is 3.09. The largest absolute Gasteiger partial charge is 0.480 e. The lowest BCUT2D eigenvalue weighted by Crippen LogP contribution is -2.33. The highest BCUT2D eigenvalue weighted by Gasteiger charge is 2.37. The van der Waals surface area contributed by atoms with Crippen molar-refractivity contribution in [2.45, 2.75) is 12.1 Å². The normalized spacial score (nSPS) is 20.7. The average molecular weight is 318 g/mol. The monoisotopic (exact) mass is 317 g/mol. The number of Topliss-reactive ketones (excluding diaryl/α,β-unsaturated/α-hetero) is 1. The molecular formula is C15H12BrNO2. The van der Waals surface area contributed by atoms with Crippen LogP contribution in [0, 0.1) is 0 Å². The zero-order valence-corrected chi connectivity index (χ0v) is 11.6. The standard InChI is InChI=1S/C15H12BrNO2/c16-10-6-7-12-11(8-10)13(17)15(19-12)14(18)9-4-2-1-3-5-9/h1-8,13,15H,17H2. The van der Waals surface area contributed by atoms with Gasteiger partial charge in [0.2, 0.25) is 5.78 Å². The van der Waals surface area contributed by atoms with Gasteiger partial charge < -0.3 is 10.5 Å². The molecule has 0 spiro atoms. The molecule has 0 radical (unpaired) electrons. The fourth-order valence-electron chi connectivity index (χ4n) is 2.24. The van der Waals surface area contributed by atoms with E-state index in [1.165, 1.54) is 0 Å². The summed E-state index contributed by atoms with van der Waals surface area (Å²) in [6.45, 7) is 0. The van der Waals surface area contributed by atoms with Gasteiger partial charge in [-0.1, -0.05) is 46.3 Å². The van der Waals surface area contributed by atoms with Gasteiger partial charge in [-0.25, -0.2) is 0 Å². The molecule has 0 amide bonds. The molecule has 0 bridgehead atoms. The number of ketones is 1. The Morgan fingerprint density at radius 2 is 1.89 bits per heavy atom. The van der Waals surface area contributed by atoms with Crippen molar-refractivity contribution in [3.05, 3.63) is 64.1 Å². The number of fused-ring (bicyclic) bond motifs is 1. The molecule has 2 unspecified atom stereocenters. The summed E-state index contributed by atoms with van der Waals surface area (Å²) in [4.78, 5) is 12.4. The second kappa shape index (κ2) is 4.79. The van der Waals surface area contributed by atoms with Crippen molar-refractivity contribution < 1.29 is 9.53 Å². The van der Waals surface area contributed by atoms with E-state index >= 15 is 0 Å². The van der Waals surface area contributed by atoms with Crippen molar-refractivity contribution in [1.82, 2.24) is 0 Å². The maximum Gasteiger partial charge on any atom is 0.205 e. The maximum atomic E-state index is 12.4. The molecule has 0 saturated carbocycles. The molecule has 1 aliphatic heterocycles. The van der Waals surface area contributed by atoms with Crippen molar-refractivity contribution in [3.63, 3.8) is 0 Å². The Balaban J connectivity index is 1.92. The molecule has 1 heterocycles. The zero-order valence-electron chi connectivity index (χ0n) is 10.0. The van der Waals surface area contributed by atoms with Gasteiger partial charge in [-0.15, -0.1) is 0 Å². The molecule has 0 saturated heterocycles. The molecule has 19 heavy (non-hydrogen) atoms. The quantitative estimate of drug-likeness (QED) is 0.866. The zero-order chi connectivity index (χ0) is 13.4. The van der Waals surface area contributed by atoms with E-state index in [1.54, 1.807) is 12.1 Å². The van der Waals surface area contributed by atoms with Crippen LogP contribution in [0.15, 0.2) is 53.0 Å². The molecule has 2 atom stereocenters. The van der Waals surface area contributed by atoms with Crippen LogP contribution in [0.3, 0.4) is 0 Å². The van der Waals surface area contributed by atoms with Gasteiger partial charge in [0.05, 0.1) is 6.04 Å². The maximum absolute atomic E-state index is 12.4. The number of hydrogen-bond donors (Lipinski definition) is 1. The van der Waals surface area contributed by atoms with Crippen molar-refractivity contribution in [2.75, 3.05) is 0 Å². The minimum Gasteiger partial charge on any atom is -0.480 e. The molecule has 1 aliphatic rings. The van der Waals surface area contributed by atoms with Crippen LogP contribution in [0.25, 0.3) is 0 Å². The third-order valence-electron chi connectivity index (χ3n) is 3.23. The molecule has 4 heteroatoms. The fourth-order valence-corrected chi connectivity index (χ4v) is 2.62. The lowest BCUT2D eigenvalue weighted by Gasteiger charge is -2.13. The first-order valence-electron chi connectivity index (χ1n) is 5.98. The van der Waals surface area contributed by atoms with Crippen molar-refractivity contribution in [3.8, 4) is 5.75 Å². The molecule has 0 fully saturated rings. The molecule has 3 nitrogen and oxygen atoms in total. The van der Waals surface area contributed by atoms with E-state index < -0.39 is 12.1 Å².